The van der Waals surface area contributed by atoms with Crippen LogP contribution in [-0.2, 0) is 14.1 Å². The van der Waals surface area contributed by atoms with Gasteiger partial charge in [-0.3, -0.25) is 14.2 Å². The van der Waals surface area contributed by atoms with E-state index in [1.165, 1.54) is 17.9 Å². The minimum atomic E-state index is -1.19. The van der Waals surface area contributed by atoms with Crippen molar-refractivity contribution < 1.29 is 14.7 Å². The van der Waals surface area contributed by atoms with Crippen molar-refractivity contribution in [1.82, 2.24) is 19.6 Å². The summed E-state index contributed by atoms with van der Waals surface area (Å²) in [5, 5.41) is 19.4. The first-order valence-corrected chi connectivity index (χ1v) is 5.47. The van der Waals surface area contributed by atoms with Gasteiger partial charge in [0.1, 0.15) is 11.3 Å². The summed E-state index contributed by atoms with van der Waals surface area (Å²) in [6, 6.07) is 0. The second kappa shape index (κ2) is 4.56. The molecule has 0 atom stereocenters. The third kappa shape index (κ3) is 2.19. The summed E-state index contributed by atoms with van der Waals surface area (Å²) in [4.78, 5) is 23.1. The first kappa shape index (κ1) is 12.8. The summed E-state index contributed by atoms with van der Waals surface area (Å²) in [7, 11) is 3.26. The number of amides is 1. The van der Waals surface area contributed by atoms with Crippen LogP contribution in [-0.4, -0.2) is 36.5 Å². The molecule has 0 radical (unpaired) electrons. The lowest BCUT2D eigenvalue weighted by molar-refractivity contribution is 0.0692. The van der Waals surface area contributed by atoms with Crippen molar-refractivity contribution in [1.29, 1.82) is 0 Å². The van der Waals surface area contributed by atoms with Crippen LogP contribution in [0, 0.1) is 6.92 Å². The van der Waals surface area contributed by atoms with Gasteiger partial charge in [-0.25, -0.2) is 4.79 Å². The zero-order valence-electron chi connectivity index (χ0n) is 10.7. The lowest BCUT2D eigenvalue weighted by atomic mass is 10.2. The van der Waals surface area contributed by atoms with Crippen LogP contribution in [0.2, 0.25) is 0 Å². The molecule has 1 amide bonds. The van der Waals surface area contributed by atoms with Crippen LogP contribution in [0.3, 0.4) is 0 Å². The van der Waals surface area contributed by atoms with E-state index in [4.69, 9.17) is 5.11 Å². The Labute approximate surface area is 108 Å². The summed E-state index contributed by atoms with van der Waals surface area (Å²) in [6.07, 6.45) is 2.65. The molecule has 8 nitrogen and oxygen atoms in total. The minimum absolute atomic E-state index is 0.00393. The molecular formula is C11H13N5O3. The molecule has 2 aromatic rings. The van der Waals surface area contributed by atoms with Crippen molar-refractivity contribution in [2.75, 3.05) is 5.32 Å². The highest BCUT2D eigenvalue weighted by Gasteiger charge is 2.22. The normalized spacial score (nSPS) is 10.5. The lowest BCUT2D eigenvalue weighted by Crippen LogP contribution is -2.19. The average Bonchev–Trinajstić information content (AvgIpc) is 2.87. The molecule has 0 bridgehead atoms. The quantitative estimate of drug-likeness (QED) is 0.835. The fourth-order valence-electron chi connectivity index (χ4n) is 1.67. The fourth-order valence-corrected chi connectivity index (χ4v) is 1.67. The number of carbonyl (C=O) groups excluding carboxylic acids is 1. The molecule has 0 aliphatic rings. The van der Waals surface area contributed by atoms with Crippen molar-refractivity contribution in [3.8, 4) is 0 Å². The summed E-state index contributed by atoms with van der Waals surface area (Å²) in [5.74, 6) is -1.73. The van der Waals surface area contributed by atoms with Gasteiger partial charge < -0.3 is 10.4 Å². The van der Waals surface area contributed by atoms with Gasteiger partial charge in [-0.15, -0.1) is 0 Å². The summed E-state index contributed by atoms with van der Waals surface area (Å²) in [6.45, 7) is 1.80. The second-order valence-corrected chi connectivity index (χ2v) is 4.06. The van der Waals surface area contributed by atoms with E-state index in [1.54, 1.807) is 18.7 Å². The van der Waals surface area contributed by atoms with E-state index in [0.717, 1.165) is 11.9 Å². The van der Waals surface area contributed by atoms with Crippen molar-refractivity contribution >= 4 is 17.6 Å². The number of aromatic nitrogens is 4. The molecule has 2 rings (SSSR count). The van der Waals surface area contributed by atoms with E-state index in [-0.39, 0.29) is 11.3 Å². The van der Waals surface area contributed by atoms with E-state index in [0.29, 0.717) is 5.69 Å². The van der Waals surface area contributed by atoms with Gasteiger partial charge >= 0.3 is 5.97 Å². The third-order valence-corrected chi connectivity index (χ3v) is 2.87. The van der Waals surface area contributed by atoms with Crippen molar-refractivity contribution in [2.45, 2.75) is 6.92 Å². The molecule has 0 spiro atoms. The number of carboxylic acid groups (broad SMARTS) is 1. The smallest absolute Gasteiger partial charge is 0.339 e. The number of hydrogen-bond acceptors (Lipinski definition) is 4. The number of rotatable bonds is 3. The molecule has 0 fully saturated rings. The van der Waals surface area contributed by atoms with Gasteiger partial charge in [-0.05, 0) is 6.92 Å². The molecule has 0 saturated carbocycles. The number of anilines is 1. The molecule has 0 aliphatic carbocycles. The highest BCUT2D eigenvalue weighted by Crippen LogP contribution is 2.15. The van der Waals surface area contributed by atoms with Crippen LogP contribution < -0.4 is 5.32 Å². The second-order valence-electron chi connectivity index (χ2n) is 4.06. The largest absolute Gasteiger partial charge is 0.478 e. The maximum atomic E-state index is 12.1. The first-order chi connectivity index (χ1) is 8.91. The maximum Gasteiger partial charge on any atom is 0.339 e. The highest BCUT2D eigenvalue weighted by molar-refractivity contribution is 6.09. The standard InChI is InChI=1S/C11H13N5O3/c1-6-8(5-13-15(6)2)14-10(17)9-7(11(18)19)4-12-16(9)3/h4-5H,1-3H3,(H,14,17)(H,18,19). The molecule has 2 heterocycles. The Balaban J connectivity index is 2.33. The van der Waals surface area contributed by atoms with Crippen LogP contribution in [0.5, 0.6) is 0 Å². The summed E-state index contributed by atoms with van der Waals surface area (Å²) < 4.78 is 2.83. The zero-order chi connectivity index (χ0) is 14.2. The van der Waals surface area contributed by atoms with Crippen LogP contribution in [0.15, 0.2) is 12.4 Å². The van der Waals surface area contributed by atoms with Gasteiger partial charge in [0.25, 0.3) is 5.91 Å². The predicted molar refractivity (Wildman–Crippen MR) is 66.1 cm³/mol. The van der Waals surface area contributed by atoms with Gasteiger partial charge in [-0.2, -0.15) is 10.2 Å². The molecule has 8 heteroatoms. The molecule has 100 valence electrons. The lowest BCUT2D eigenvalue weighted by Gasteiger charge is -2.05. The number of carbonyl (C=O) groups is 2. The van der Waals surface area contributed by atoms with E-state index in [2.05, 4.69) is 15.5 Å². The van der Waals surface area contributed by atoms with Gasteiger partial charge in [0.15, 0.2) is 0 Å². The molecule has 0 aliphatic heterocycles. The Morgan fingerprint density at radius 2 is 1.84 bits per heavy atom. The topological polar surface area (TPSA) is 102 Å². The molecule has 0 aromatic carbocycles. The molecule has 2 aromatic heterocycles. The van der Waals surface area contributed by atoms with Gasteiger partial charge in [0, 0.05) is 14.1 Å². The highest BCUT2D eigenvalue weighted by atomic mass is 16.4. The van der Waals surface area contributed by atoms with Crippen molar-refractivity contribution in [2.24, 2.45) is 14.1 Å². The first-order valence-electron chi connectivity index (χ1n) is 5.47. The Morgan fingerprint density at radius 3 is 2.37 bits per heavy atom. The Morgan fingerprint density at radius 1 is 1.21 bits per heavy atom. The SMILES string of the molecule is Cc1c(NC(=O)c2c(C(=O)O)cnn2C)cnn1C. The van der Waals surface area contributed by atoms with Gasteiger partial charge in [0.05, 0.1) is 23.8 Å². The minimum Gasteiger partial charge on any atom is -0.478 e. The van der Waals surface area contributed by atoms with Gasteiger partial charge in [-0.1, -0.05) is 0 Å². The number of aryl methyl sites for hydroxylation is 2. The number of carboxylic acids is 1. The maximum absolute atomic E-state index is 12.1. The number of nitrogens with one attached hydrogen (secondary N) is 1. The molecule has 0 saturated heterocycles. The van der Waals surface area contributed by atoms with Gasteiger partial charge in [0.2, 0.25) is 0 Å². The van der Waals surface area contributed by atoms with E-state index in [1.807, 2.05) is 0 Å². The summed E-state index contributed by atoms with van der Waals surface area (Å²) >= 11 is 0. The number of aromatic carboxylic acids is 1. The van der Waals surface area contributed by atoms with E-state index in [9.17, 15) is 9.59 Å². The van der Waals surface area contributed by atoms with Crippen LogP contribution in [0.4, 0.5) is 5.69 Å². The molecule has 0 unspecified atom stereocenters. The Hall–Kier alpha value is -2.64. The van der Waals surface area contributed by atoms with Crippen LogP contribution >= 0.6 is 0 Å². The Kier molecular flexibility index (Phi) is 3.07. The fraction of sp³-hybridized carbons (Fsp3) is 0.273. The number of nitrogens with zero attached hydrogens (tertiary/aromatic N) is 4. The Bertz CT molecular complexity index is 655. The monoisotopic (exact) mass is 263 g/mol. The number of hydrogen-bond donors (Lipinski definition) is 2. The predicted octanol–water partition coefficient (Wildman–Crippen LogP) is 0.413. The van der Waals surface area contributed by atoms with E-state index < -0.39 is 11.9 Å². The molecule has 2 N–H and O–H groups in total. The van der Waals surface area contributed by atoms with Crippen molar-refractivity contribution in [3.05, 3.63) is 29.3 Å². The molecular weight excluding hydrogens is 250 g/mol. The molecule has 19 heavy (non-hydrogen) atoms. The third-order valence-electron chi connectivity index (χ3n) is 2.87. The van der Waals surface area contributed by atoms with E-state index >= 15 is 0 Å². The van der Waals surface area contributed by atoms with Crippen LogP contribution in [0.25, 0.3) is 0 Å². The average molecular weight is 263 g/mol. The van der Waals surface area contributed by atoms with Crippen LogP contribution in [0.1, 0.15) is 26.5 Å². The van der Waals surface area contributed by atoms with Crippen molar-refractivity contribution in [3.63, 3.8) is 0 Å². The zero-order valence-corrected chi connectivity index (χ0v) is 10.7. The summed E-state index contributed by atoms with van der Waals surface area (Å²) in [5.41, 5.74) is 1.16.